The van der Waals surface area contributed by atoms with E-state index in [4.69, 9.17) is 5.11 Å². The first-order valence-electron chi connectivity index (χ1n) is 3.78. The maximum atomic E-state index is 8.83. The maximum absolute atomic E-state index is 8.83. The predicted molar refractivity (Wildman–Crippen MR) is 42.6 cm³/mol. The predicted octanol–water partition coefficient (Wildman–Crippen LogP) is 1.75. The zero-order valence-electron chi connectivity index (χ0n) is 6.33. The van der Waals surface area contributed by atoms with Crippen LogP contribution >= 0.6 is 0 Å². The van der Waals surface area contributed by atoms with Crippen LogP contribution < -0.4 is 0 Å². The minimum atomic E-state index is 0.294. The molecule has 0 saturated heterocycles. The second kappa shape index (κ2) is 3.57. The van der Waals surface area contributed by atoms with Gasteiger partial charge in [0.25, 0.3) is 0 Å². The molecule has 0 aliphatic heterocycles. The van der Waals surface area contributed by atoms with Gasteiger partial charge < -0.3 is 5.11 Å². The Balaban J connectivity index is 2.42. The quantitative estimate of drug-likeness (QED) is 0.616. The van der Waals surface area contributed by atoms with Crippen molar-refractivity contribution in [2.24, 2.45) is 11.8 Å². The van der Waals surface area contributed by atoms with Gasteiger partial charge in [-0.1, -0.05) is 31.2 Å². The highest BCUT2D eigenvalue weighted by atomic mass is 16.3. The third kappa shape index (κ3) is 1.71. The van der Waals surface area contributed by atoms with Gasteiger partial charge in [0.1, 0.15) is 0 Å². The van der Waals surface area contributed by atoms with E-state index in [9.17, 15) is 0 Å². The van der Waals surface area contributed by atoms with Crippen LogP contribution in [-0.4, -0.2) is 11.7 Å². The van der Waals surface area contributed by atoms with E-state index in [2.05, 4.69) is 31.2 Å². The summed E-state index contributed by atoms with van der Waals surface area (Å²) in [6.07, 6.45) is 9.51. The second-order valence-corrected chi connectivity index (χ2v) is 2.87. The Hall–Kier alpha value is -0.560. The Morgan fingerprint density at radius 2 is 2.40 bits per heavy atom. The molecule has 0 aromatic rings. The summed E-state index contributed by atoms with van der Waals surface area (Å²) in [5.74, 6) is 0.955. The van der Waals surface area contributed by atoms with Gasteiger partial charge in [-0.3, -0.25) is 0 Å². The normalized spacial score (nSPS) is 26.8. The summed E-state index contributed by atoms with van der Waals surface area (Å²) in [6.45, 7) is 2.37. The van der Waals surface area contributed by atoms with Gasteiger partial charge in [-0.15, -0.1) is 0 Å². The average molecular weight is 138 g/mol. The minimum Gasteiger partial charge on any atom is -0.396 e. The van der Waals surface area contributed by atoms with Crippen LogP contribution in [0.2, 0.25) is 0 Å². The summed E-state index contributed by atoms with van der Waals surface area (Å²) in [5.41, 5.74) is 0. The van der Waals surface area contributed by atoms with Gasteiger partial charge in [-0.2, -0.15) is 0 Å². The fourth-order valence-corrected chi connectivity index (χ4v) is 1.16. The average Bonchev–Trinajstić information content (AvgIpc) is 2.05. The monoisotopic (exact) mass is 138 g/mol. The van der Waals surface area contributed by atoms with Gasteiger partial charge in [0.2, 0.25) is 0 Å². The molecule has 1 rings (SSSR count). The van der Waals surface area contributed by atoms with Crippen molar-refractivity contribution < 1.29 is 5.11 Å². The van der Waals surface area contributed by atoms with E-state index in [0.717, 1.165) is 6.42 Å². The van der Waals surface area contributed by atoms with E-state index in [1.54, 1.807) is 0 Å². The van der Waals surface area contributed by atoms with Crippen LogP contribution in [0.4, 0.5) is 0 Å². The van der Waals surface area contributed by atoms with E-state index in [1.807, 2.05) is 0 Å². The van der Waals surface area contributed by atoms with E-state index in [1.165, 1.54) is 0 Å². The molecule has 0 saturated carbocycles. The van der Waals surface area contributed by atoms with Crippen molar-refractivity contribution in [1.29, 1.82) is 0 Å². The number of hydrogen-bond donors (Lipinski definition) is 1. The lowest BCUT2D eigenvalue weighted by atomic mass is 9.89. The van der Waals surface area contributed by atoms with Gasteiger partial charge >= 0.3 is 0 Å². The Bertz CT molecular complexity index is 147. The summed E-state index contributed by atoms with van der Waals surface area (Å²) in [4.78, 5) is 0. The van der Waals surface area contributed by atoms with Gasteiger partial charge in [0.05, 0.1) is 0 Å². The van der Waals surface area contributed by atoms with E-state index < -0.39 is 0 Å². The van der Waals surface area contributed by atoms with Crippen LogP contribution in [0.1, 0.15) is 13.3 Å². The van der Waals surface area contributed by atoms with Crippen LogP contribution in [0, 0.1) is 11.8 Å². The maximum Gasteiger partial charge on any atom is 0.0462 e. The molecule has 1 heteroatoms. The molecule has 0 bridgehead atoms. The van der Waals surface area contributed by atoms with Crippen molar-refractivity contribution in [3.8, 4) is 0 Å². The number of hydrogen-bond acceptors (Lipinski definition) is 1. The summed E-state index contributed by atoms with van der Waals surface area (Å²) in [5, 5.41) is 8.83. The highest BCUT2D eigenvalue weighted by Gasteiger charge is 2.12. The molecule has 10 heavy (non-hydrogen) atoms. The lowest BCUT2D eigenvalue weighted by Crippen LogP contribution is -2.13. The molecule has 1 aliphatic rings. The molecule has 1 aliphatic carbocycles. The van der Waals surface area contributed by atoms with Gasteiger partial charge in [-0.25, -0.2) is 0 Å². The molecule has 1 nitrogen and oxygen atoms in total. The molecule has 0 aromatic heterocycles. The summed E-state index contributed by atoms with van der Waals surface area (Å²) >= 11 is 0. The Morgan fingerprint density at radius 1 is 1.60 bits per heavy atom. The molecule has 1 N–H and O–H groups in total. The molecule has 2 unspecified atom stereocenters. The molecule has 2 atom stereocenters. The molecule has 0 fully saturated rings. The standard InChI is InChI=1S/C9H14O/c1-8(7-10)9-5-3-2-4-6-9/h2-5,8-10H,6-7H2,1H3. The highest BCUT2D eigenvalue weighted by Crippen LogP contribution is 2.19. The number of aliphatic hydroxyl groups excluding tert-OH is 1. The minimum absolute atomic E-state index is 0.294. The Labute approximate surface area is 62.1 Å². The molecule has 0 spiro atoms. The molecular weight excluding hydrogens is 124 g/mol. The molecule has 0 heterocycles. The van der Waals surface area contributed by atoms with Crippen molar-refractivity contribution in [2.45, 2.75) is 13.3 Å². The lowest BCUT2D eigenvalue weighted by Gasteiger charge is -2.18. The lowest BCUT2D eigenvalue weighted by molar-refractivity contribution is 0.207. The number of aliphatic hydroxyl groups is 1. The molecule has 0 radical (unpaired) electrons. The van der Waals surface area contributed by atoms with Crippen LogP contribution in [0.15, 0.2) is 24.3 Å². The third-order valence-electron chi connectivity index (χ3n) is 2.03. The summed E-state index contributed by atoms with van der Waals surface area (Å²) in [7, 11) is 0. The third-order valence-corrected chi connectivity index (χ3v) is 2.03. The van der Waals surface area contributed by atoms with Crippen molar-refractivity contribution in [1.82, 2.24) is 0 Å². The second-order valence-electron chi connectivity index (χ2n) is 2.87. The Kier molecular flexibility index (Phi) is 2.69. The fourth-order valence-electron chi connectivity index (χ4n) is 1.16. The Morgan fingerprint density at radius 3 is 2.90 bits per heavy atom. The topological polar surface area (TPSA) is 20.2 Å². The largest absolute Gasteiger partial charge is 0.396 e. The number of allylic oxidation sites excluding steroid dienone is 4. The van der Waals surface area contributed by atoms with Crippen LogP contribution in [0.3, 0.4) is 0 Å². The van der Waals surface area contributed by atoms with Crippen LogP contribution in [-0.2, 0) is 0 Å². The van der Waals surface area contributed by atoms with Crippen molar-refractivity contribution in [3.63, 3.8) is 0 Å². The van der Waals surface area contributed by atoms with E-state index in [-0.39, 0.29) is 0 Å². The molecule has 0 amide bonds. The zero-order valence-corrected chi connectivity index (χ0v) is 6.33. The van der Waals surface area contributed by atoms with Crippen molar-refractivity contribution in [3.05, 3.63) is 24.3 Å². The fraction of sp³-hybridized carbons (Fsp3) is 0.556. The van der Waals surface area contributed by atoms with Crippen LogP contribution in [0.5, 0.6) is 0 Å². The van der Waals surface area contributed by atoms with Crippen molar-refractivity contribution >= 4 is 0 Å². The molecule has 56 valence electrons. The van der Waals surface area contributed by atoms with Gasteiger partial charge in [0.15, 0.2) is 0 Å². The van der Waals surface area contributed by atoms with E-state index in [0.29, 0.717) is 18.4 Å². The highest BCUT2D eigenvalue weighted by molar-refractivity contribution is 5.11. The summed E-state index contributed by atoms with van der Waals surface area (Å²) < 4.78 is 0. The first-order valence-corrected chi connectivity index (χ1v) is 3.78. The smallest absolute Gasteiger partial charge is 0.0462 e. The molecule has 0 aromatic carbocycles. The first kappa shape index (κ1) is 7.55. The van der Waals surface area contributed by atoms with E-state index >= 15 is 0 Å². The van der Waals surface area contributed by atoms with Crippen LogP contribution in [0.25, 0.3) is 0 Å². The first-order chi connectivity index (χ1) is 4.84. The van der Waals surface area contributed by atoms with Crippen molar-refractivity contribution in [2.75, 3.05) is 6.61 Å². The zero-order chi connectivity index (χ0) is 7.40. The summed E-state index contributed by atoms with van der Waals surface area (Å²) in [6, 6.07) is 0. The molecular formula is C9H14O. The van der Waals surface area contributed by atoms with Gasteiger partial charge in [0, 0.05) is 6.61 Å². The number of rotatable bonds is 2. The van der Waals surface area contributed by atoms with Gasteiger partial charge in [-0.05, 0) is 18.3 Å². The SMILES string of the molecule is CC(CO)C1C=CC=CC1.